The van der Waals surface area contributed by atoms with Crippen molar-refractivity contribution < 1.29 is 9.84 Å². The summed E-state index contributed by atoms with van der Waals surface area (Å²) in [5.74, 6) is 0.852. The molecule has 3 nitrogen and oxygen atoms in total. The largest absolute Gasteiger partial charge is 0.506 e. The van der Waals surface area contributed by atoms with E-state index in [0.29, 0.717) is 20.9 Å². The lowest BCUT2D eigenvalue weighted by Gasteiger charge is -2.19. The third kappa shape index (κ3) is 3.47. The molecule has 0 radical (unpaired) electrons. The molecular formula is C13H17Br2NO2. The highest BCUT2D eigenvalue weighted by Crippen LogP contribution is 2.33. The van der Waals surface area contributed by atoms with Crippen LogP contribution in [0.25, 0.3) is 0 Å². The maximum atomic E-state index is 9.65. The number of phenolic OH excluding ortho intramolecular Hbond substituents is 1. The van der Waals surface area contributed by atoms with Gasteiger partial charge in [0.25, 0.3) is 0 Å². The zero-order valence-corrected chi connectivity index (χ0v) is 13.4. The highest BCUT2D eigenvalue weighted by Gasteiger charge is 2.21. The summed E-state index contributed by atoms with van der Waals surface area (Å²) in [6, 6.07) is 4.31. The van der Waals surface area contributed by atoms with Crippen molar-refractivity contribution in [2.45, 2.75) is 25.9 Å². The fourth-order valence-corrected chi connectivity index (χ4v) is 3.39. The molecule has 0 aromatic heterocycles. The Morgan fingerprint density at radius 2 is 2.11 bits per heavy atom. The molecule has 2 N–H and O–H groups in total. The molecule has 18 heavy (non-hydrogen) atoms. The van der Waals surface area contributed by atoms with Crippen molar-refractivity contribution in [3.8, 4) is 5.75 Å². The number of hydrogen-bond acceptors (Lipinski definition) is 3. The first-order chi connectivity index (χ1) is 8.58. The smallest absolute Gasteiger partial charge is 0.143 e. The van der Waals surface area contributed by atoms with Crippen LogP contribution in [0.2, 0.25) is 0 Å². The van der Waals surface area contributed by atoms with Gasteiger partial charge in [-0.05, 0) is 68.8 Å². The SMILES string of the molecule is CC(NCc1cc(Br)c(O)c(Br)c1)C1CCOC1. The third-order valence-corrected chi connectivity index (χ3v) is 4.59. The van der Waals surface area contributed by atoms with Crippen molar-refractivity contribution in [3.63, 3.8) is 0 Å². The number of phenols is 1. The van der Waals surface area contributed by atoms with Gasteiger partial charge in [-0.2, -0.15) is 0 Å². The molecule has 2 atom stereocenters. The van der Waals surface area contributed by atoms with Gasteiger partial charge in [0.15, 0.2) is 0 Å². The van der Waals surface area contributed by atoms with Crippen LogP contribution in [0, 0.1) is 5.92 Å². The molecular weight excluding hydrogens is 362 g/mol. The van der Waals surface area contributed by atoms with Crippen LogP contribution in [-0.2, 0) is 11.3 Å². The van der Waals surface area contributed by atoms with Gasteiger partial charge < -0.3 is 15.2 Å². The first-order valence-electron chi connectivity index (χ1n) is 6.06. The maximum absolute atomic E-state index is 9.65. The summed E-state index contributed by atoms with van der Waals surface area (Å²) >= 11 is 6.68. The van der Waals surface area contributed by atoms with Gasteiger partial charge in [0, 0.05) is 19.2 Å². The monoisotopic (exact) mass is 377 g/mol. The highest BCUT2D eigenvalue weighted by molar-refractivity contribution is 9.11. The molecule has 1 fully saturated rings. The van der Waals surface area contributed by atoms with Gasteiger partial charge in [-0.3, -0.25) is 0 Å². The summed E-state index contributed by atoms with van der Waals surface area (Å²) in [4.78, 5) is 0. The number of aromatic hydroxyl groups is 1. The summed E-state index contributed by atoms with van der Waals surface area (Å²) in [7, 11) is 0. The van der Waals surface area contributed by atoms with Crippen molar-refractivity contribution in [2.75, 3.05) is 13.2 Å². The standard InChI is InChI=1S/C13H17Br2NO2/c1-8(10-2-3-18-7-10)16-6-9-4-11(14)13(17)12(15)5-9/h4-5,8,10,16-17H,2-3,6-7H2,1H3. The van der Waals surface area contributed by atoms with Crippen LogP contribution in [0.3, 0.4) is 0 Å². The Kier molecular flexibility index (Phi) is 5.06. The summed E-state index contributed by atoms with van der Waals surface area (Å²) < 4.78 is 6.82. The normalized spacial score (nSPS) is 21.2. The quantitative estimate of drug-likeness (QED) is 0.843. The van der Waals surface area contributed by atoms with E-state index >= 15 is 0 Å². The van der Waals surface area contributed by atoms with Gasteiger partial charge in [0.2, 0.25) is 0 Å². The van der Waals surface area contributed by atoms with Crippen LogP contribution in [0.4, 0.5) is 0 Å². The molecule has 1 aliphatic heterocycles. The Labute approximate surface area is 124 Å². The van der Waals surface area contributed by atoms with E-state index in [1.165, 1.54) is 0 Å². The van der Waals surface area contributed by atoms with E-state index in [0.717, 1.165) is 31.7 Å². The second-order valence-corrected chi connectivity index (χ2v) is 6.41. The van der Waals surface area contributed by atoms with E-state index in [1.54, 1.807) is 0 Å². The molecule has 0 aliphatic carbocycles. The average molecular weight is 379 g/mol. The molecule has 100 valence electrons. The Balaban J connectivity index is 1.93. The van der Waals surface area contributed by atoms with Gasteiger partial charge in [-0.1, -0.05) is 0 Å². The fraction of sp³-hybridized carbons (Fsp3) is 0.538. The van der Waals surface area contributed by atoms with Crippen LogP contribution >= 0.6 is 31.9 Å². The topological polar surface area (TPSA) is 41.5 Å². The first kappa shape index (κ1) is 14.3. The molecule has 0 amide bonds. The predicted octanol–water partition coefficient (Wildman–Crippen LogP) is 3.43. The number of benzene rings is 1. The van der Waals surface area contributed by atoms with Crippen LogP contribution in [0.15, 0.2) is 21.1 Å². The zero-order chi connectivity index (χ0) is 13.1. The Bertz CT molecular complexity index is 396. The van der Waals surface area contributed by atoms with Gasteiger partial charge in [0.1, 0.15) is 5.75 Å². The molecule has 2 unspecified atom stereocenters. The van der Waals surface area contributed by atoms with Crippen molar-refractivity contribution in [1.29, 1.82) is 0 Å². The minimum atomic E-state index is 0.246. The van der Waals surface area contributed by atoms with Crippen LogP contribution < -0.4 is 5.32 Å². The summed E-state index contributed by atoms with van der Waals surface area (Å²) in [5.41, 5.74) is 1.14. The summed E-state index contributed by atoms with van der Waals surface area (Å²) in [6.45, 7) is 4.73. The van der Waals surface area contributed by atoms with E-state index in [4.69, 9.17) is 4.74 Å². The van der Waals surface area contributed by atoms with Gasteiger partial charge in [-0.25, -0.2) is 0 Å². The zero-order valence-electron chi connectivity index (χ0n) is 10.2. The predicted molar refractivity (Wildman–Crippen MR) is 78.7 cm³/mol. The molecule has 1 heterocycles. The van der Waals surface area contributed by atoms with E-state index < -0.39 is 0 Å². The van der Waals surface area contributed by atoms with Crippen LogP contribution in [0.5, 0.6) is 5.75 Å². The van der Waals surface area contributed by atoms with E-state index in [9.17, 15) is 5.11 Å². The van der Waals surface area contributed by atoms with Crippen molar-refractivity contribution in [2.24, 2.45) is 5.92 Å². The lowest BCUT2D eigenvalue weighted by Crippen LogP contribution is -2.33. The van der Waals surface area contributed by atoms with Gasteiger partial charge >= 0.3 is 0 Å². The van der Waals surface area contributed by atoms with E-state index in [1.807, 2.05) is 12.1 Å². The van der Waals surface area contributed by atoms with Crippen molar-refractivity contribution in [3.05, 3.63) is 26.6 Å². The summed E-state index contributed by atoms with van der Waals surface area (Å²) in [6.07, 6.45) is 1.14. The highest BCUT2D eigenvalue weighted by atomic mass is 79.9. The van der Waals surface area contributed by atoms with E-state index in [-0.39, 0.29) is 5.75 Å². The minimum absolute atomic E-state index is 0.246. The van der Waals surface area contributed by atoms with E-state index in [2.05, 4.69) is 44.1 Å². The lowest BCUT2D eigenvalue weighted by molar-refractivity contribution is 0.178. The molecule has 1 aromatic carbocycles. The average Bonchev–Trinajstić information content (AvgIpc) is 2.86. The molecule has 0 spiro atoms. The molecule has 0 bridgehead atoms. The van der Waals surface area contributed by atoms with Gasteiger partial charge in [0.05, 0.1) is 15.6 Å². The number of ether oxygens (including phenoxy) is 1. The Hall–Kier alpha value is -0.100. The number of hydrogen-bond donors (Lipinski definition) is 2. The molecule has 1 saturated heterocycles. The Morgan fingerprint density at radius 1 is 1.44 bits per heavy atom. The molecule has 2 rings (SSSR count). The second-order valence-electron chi connectivity index (χ2n) is 4.70. The minimum Gasteiger partial charge on any atom is -0.506 e. The Morgan fingerprint density at radius 3 is 2.67 bits per heavy atom. The molecule has 1 aromatic rings. The first-order valence-corrected chi connectivity index (χ1v) is 7.64. The maximum Gasteiger partial charge on any atom is 0.143 e. The number of halogens is 2. The van der Waals surface area contributed by atoms with Crippen LogP contribution in [-0.4, -0.2) is 24.4 Å². The fourth-order valence-electron chi connectivity index (χ4n) is 2.11. The number of rotatable bonds is 4. The molecule has 5 heteroatoms. The van der Waals surface area contributed by atoms with Crippen molar-refractivity contribution in [1.82, 2.24) is 5.32 Å². The second kappa shape index (κ2) is 6.37. The van der Waals surface area contributed by atoms with Crippen LogP contribution in [0.1, 0.15) is 18.9 Å². The van der Waals surface area contributed by atoms with Gasteiger partial charge in [-0.15, -0.1) is 0 Å². The third-order valence-electron chi connectivity index (χ3n) is 3.38. The molecule has 1 aliphatic rings. The lowest BCUT2D eigenvalue weighted by atomic mass is 10.0. The summed E-state index contributed by atoms with van der Waals surface area (Å²) in [5, 5.41) is 13.2. The van der Waals surface area contributed by atoms with Crippen molar-refractivity contribution >= 4 is 31.9 Å². The number of nitrogens with one attached hydrogen (secondary N) is 1. The molecule has 0 saturated carbocycles.